The highest BCUT2D eigenvalue weighted by Crippen LogP contribution is 2.42. The minimum absolute atomic E-state index is 0.0989. The second-order valence-corrected chi connectivity index (χ2v) is 8.86. The van der Waals surface area contributed by atoms with E-state index >= 15 is 0 Å². The van der Waals surface area contributed by atoms with Crippen molar-refractivity contribution < 1.29 is 13.9 Å². The van der Waals surface area contributed by atoms with Gasteiger partial charge in [0.05, 0.1) is 10.0 Å². The summed E-state index contributed by atoms with van der Waals surface area (Å²) in [7, 11) is 3.81. The van der Waals surface area contributed by atoms with Gasteiger partial charge in [-0.25, -0.2) is 9.37 Å². The van der Waals surface area contributed by atoms with Gasteiger partial charge in [0.25, 0.3) is 0 Å². The third kappa shape index (κ3) is 6.10. The largest absolute Gasteiger partial charge is 0.487 e. The van der Waals surface area contributed by atoms with Crippen LogP contribution in [0.15, 0.2) is 37.2 Å². The van der Waals surface area contributed by atoms with E-state index in [1.54, 1.807) is 25.3 Å². The molecule has 0 saturated carbocycles. The maximum Gasteiger partial charge on any atom is 0.166 e. The molecule has 0 spiro atoms. The molecule has 2 unspecified atom stereocenters. The van der Waals surface area contributed by atoms with Crippen LogP contribution in [0.3, 0.4) is 0 Å². The van der Waals surface area contributed by atoms with Crippen LogP contribution in [0.1, 0.15) is 37.0 Å². The molecular formula is C24H29Cl2FN4O2. The number of nitrogens with two attached hydrogens (primary N) is 1. The molecule has 1 aromatic carbocycles. The SMILES string of the molecule is C=C/C(=C\N(C)C)c1cnc(N)c(OC(C)c2c(Cl)c(F)cc(OC3CCCNC3)c2Cl)c1. The lowest BCUT2D eigenvalue weighted by molar-refractivity contribution is 0.165. The summed E-state index contributed by atoms with van der Waals surface area (Å²) < 4.78 is 26.7. The number of ether oxygens (including phenoxy) is 2. The van der Waals surface area contributed by atoms with Crippen LogP contribution in [0.25, 0.3) is 5.57 Å². The van der Waals surface area contributed by atoms with E-state index in [9.17, 15) is 4.39 Å². The van der Waals surface area contributed by atoms with Gasteiger partial charge in [-0.3, -0.25) is 0 Å². The maximum atomic E-state index is 14.7. The van der Waals surface area contributed by atoms with Gasteiger partial charge in [0.15, 0.2) is 11.6 Å². The second-order valence-electron chi connectivity index (χ2n) is 8.10. The molecule has 6 nitrogen and oxygen atoms in total. The number of nitrogen functional groups attached to an aromatic ring is 1. The molecule has 1 aliphatic rings. The Morgan fingerprint density at radius 1 is 1.33 bits per heavy atom. The van der Waals surface area contributed by atoms with Crippen molar-refractivity contribution >= 4 is 34.6 Å². The molecule has 2 aromatic rings. The van der Waals surface area contributed by atoms with Crippen molar-refractivity contribution in [3.63, 3.8) is 0 Å². The van der Waals surface area contributed by atoms with Gasteiger partial charge in [-0.2, -0.15) is 0 Å². The molecule has 1 saturated heterocycles. The number of halogens is 3. The first-order valence-corrected chi connectivity index (χ1v) is 11.4. The van der Waals surface area contributed by atoms with Crippen LogP contribution in [0, 0.1) is 5.82 Å². The van der Waals surface area contributed by atoms with Crippen LogP contribution < -0.4 is 20.5 Å². The fraction of sp³-hybridized carbons (Fsp3) is 0.375. The predicted octanol–water partition coefficient (Wildman–Crippen LogP) is 5.47. The number of pyridine rings is 1. The summed E-state index contributed by atoms with van der Waals surface area (Å²) in [4.78, 5) is 6.13. The number of allylic oxidation sites excluding steroid dienone is 2. The average molecular weight is 495 g/mol. The van der Waals surface area contributed by atoms with Crippen LogP contribution in [0.5, 0.6) is 11.5 Å². The molecule has 9 heteroatoms. The molecule has 178 valence electrons. The molecule has 0 radical (unpaired) electrons. The second kappa shape index (κ2) is 11.1. The standard InChI is InChI=1S/C24H29Cl2FN4O2/c1-5-15(13-31(3)4)16-9-20(24(28)30-11-16)32-14(2)21-22(25)18(27)10-19(23(21)26)33-17-7-6-8-29-12-17/h5,9-11,13-14,17,29H,1,6-8,12H2,2-4H3,(H2,28,30)/b15-13+. The maximum absolute atomic E-state index is 14.7. The van der Waals surface area contributed by atoms with Crippen molar-refractivity contribution in [2.45, 2.75) is 32.0 Å². The third-order valence-electron chi connectivity index (χ3n) is 5.24. The van der Waals surface area contributed by atoms with Gasteiger partial charge in [0.2, 0.25) is 0 Å². The lowest BCUT2D eigenvalue weighted by atomic mass is 10.1. The Hall–Kier alpha value is -2.48. The van der Waals surface area contributed by atoms with Crippen LogP contribution in [0.2, 0.25) is 10.0 Å². The molecule has 2 atom stereocenters. The van der Waals surface area contributed by atoms with E-state index in [4.69, 9.17) is 38.4 Å². The van der Waals surface area contributed by atoms with Crippen molar-refractivity contribution in [3.05, 3.63) is 64.2 Å². The zero-order valence-electron chi connectivity index (χ0n) is 19.0. The van der Waals surface area contributed by atoms with Crippen molar-refractivity contribution in [2.75, 3.05) is 32.9 Å². The molecule has 1 aromatic heterocycles. The van der Waals surface area contributed by atoms with E-state index in [1.807, 2.05) is 25.2 Å². The molecule has 0 amide bonds. The number of hydrogen-bond acceptors (Lipinski definition) is 6. The lowest BCUT2D eigenvalue weighted by Crippen LogP contribution is -2.37. The number of piperidine rings is 1. The first kappa shape index (κ1) is 25.1. The van der Waals surface area contributed by atoms with Crippen LogP contribution in [-0.2, 0) is 0 Å². The Morgan fingerprint density at radius 2 is 2.09 bits per heavy atom. The Bertz CT molecular complexity index is 1040. The molecule has 2 heterocycles. The summed E-state index contributed by atoms with van der Waals surface area (Å²) >= 11 is 12.9. The number of anilines is 1. The first-order valence-electron chi connectivity index (χ1n) is 10.7. The van der Waals surface area contributed by atoms with Gasteiger partial charge in [0, 0.05) is 50.2 Å². The predicted molar refractivity (Wildman–Crippen MR) is 132 cm³/mol. The van der Waals surface area contributed by atoms with Crippen molar-refractivity contribution in [1.82, 2.24) is 15.2 Å². The quantitative estimate of drug-likeness (QED) is 0.374. The van der Waals surface area contributed by atoms with Gasteiger partial charge >= 0.3 is 0 Å². The summed E-state index contributed by atoms with van der Waals surface area (Å²) in [5.41, 5.74) is 7.94. The Balaban J connectivity index is 1.91. The highest BCUT2D eigenvalue weighted by atomic mass is 35.5. The van der Waals surface area contributed by atoms with E-state index in [1.165, 1.54) is 6.07 Å². The van der Waals surface area contributed by atoms with Gasteiger partial charge < -0.3 is 25.4 Å². The van der Waals surface area contributed by atoms with Crippen molar-refractivity contribution in [1.29, 1.82) is 0 Å². The van der Waals surface area contributed by atoms with Crippen LogP contribution in [0.4, 0.5) is 10.2 Å². The Morgan fingerprint density at radius 3 is 2.73 bits per heavy atom. The van der Waals surface area contributed by atoms with Gasteiger partial charge in [-0.1, -0.05) is 35.9 Å². The van der Waals surface area contributed by atoms with Crippen molar-refractivity contribution in [3.8, 4) is 11.5 Å². The van der Waals surface area contributed by atoms with E-state index in [-0.39, 0.29) is 33.3 Å². The highest BCUT2D eigenvalue weighted by Gasteiger charge is 2.25. The Kier molecular flexibility index (Phi) is 8.46. The van der Waals surface area contributed by atoms with E-state index < -0.39 is 11.9 Å². The molecule has 1 aliphatic heterocycles. The zero-order chi connectivity index (χ0) is 24.1. The van der Waals surface area contributed by atoms with E-state index in [0.717, 1.165) is 30.5 Å². The minimum atomic E-state index is -0.725. The number of nitrogens with one attached hydrogen (secondary N) is 1. The Labute approximate surface area is 204 Å². The zero-order valence-corrected chi connectivity index (χ0v) is 20.5. The highest BCUT2D eigenvalue weighted by molar-refractivity contribution is 6.37. The fourth-order valence-electron chi connectivity index (χ4n) is 3.62. The number of benzene rings is 1. The number of hydrogen-bond donors (Lipinski definition) is 2. The van der Waals surface area contributed by atoms with Gasteiger partial charge in [-0.05, 0) is 37.9 Å². The molecule has 0 aliphatic carbocycles. The molecule has 1 fully saturated rings. The van der Waals surface area contributed by atoms with Crippen molar-refractivity contribution in [2.24, 2.45) is 0 Å². The number of rotatable bonds is 8. The normalized spacial score (nSPS) is 17.4. The third-order valence-corrected chi connectivity index (χ3v) is 6.02. The molecule has 3 N–H and O–H groups in total. The van der Waals surface area contributed by atoms with Gasteiger partial charge in [-0.15, -0.1) is 0 Å². The molecule has 33 heavy (non-hydrogen) atoms. The molecule has 3 rings (SSSR count). The summed E-state index contributed by atoms with van der Waals surface area (Å²) in [5.74, 6) is 0.113. The first-order chi connectivity index (χ1) is 15.7. The van der Waals surface area contributed by atoms with Crippen LogP contribution in [-0.4, -0.2) is 43.2 Å². The summed E-state index contributed by atoms with van der Waals surface area (Å²) in [5, 5.41) is 3.35. The smallest absolute Gasteiger partial charge is 0.166 e. The van der Waals surface area contributed by atoms with Gasteiger partial charge in [0.1, 0.15) is 23.8 Å². The van der Waals surface area contributed by atoms with E-state index in [2.05, 4.69) is 16.9 Å². The van der Waals surface area contributed by atoms with Crippen LogP contribution >= 0.6 is 23.2 Å². The monoisotopic (exact) mass is 494 g/mol. The summed E-state index contributed by atoms with van der Waals surface area (Å²) in [6.45, 7) is 7.17. The summed E-state index contributed by atoms with van der Waals surface area (Å²) in [6, 6.07) is 2.97. The fourth-order valence-corrected chi connectivity index (χ4v) is 4.32. The minimum Gasteiger partial charge on any atom is -0.487 e. The molecular weight excluding hydrogens is 466 g/mol. The number of aromatic nitrogens is 1. The average Bonchev–Trinajstić information content (AvgIpc) is 2.78. The van der Waals surface area contributed by atoms with E-state index in [0.29, 0.717) is 12.3 Å². The number of nitrogens with zero attached hydrogens (tertiary/aromatic N) is 2. The summed E-state index contributed by atoms with van der Waals surface area (Å²) in [6.07, 6.45) is 6.26. The topological polar surface area (TPSA) is 72.6 Å². The molecule has 0 bridgehead atoms. The lowest BCUT2D eigenvalue weighted by Gasteiger charge is -2.26.